The number of aromatic nitrogens is 1. The minimum absolute atomic E-state index is 0.0376. The summed E-state index contributed by atoms with van der Waals surface area (Å²) in [6.45, 7) is 2.94. The number of anilines is 2. The molecule has 2 saturated heterocycles. The average Bonchev–Trinajstić information content (AvgIpc) is 2.80. The molecule has 6 nitrogen and oxygen atoms in total. The molecule has 2 aliphatic heterocycles. The third kappa shape index (κ3) is 5.26. The first-order chi connectivity index (χ1) is 14.3. The molecule has 1 aromatic heterocycles. The summed E-state index contributed by atoms with van der Waals surface area (Å²) in [5.74, 6) is 1.60. The number of hydrogen-bond donors (Lipinski definition) is 1. The van der Waals surface area contributed by atoms with Crippen molar-refractivity contribution < 1.29 is 14.3 Å². The molecule has 29 heavy (non-hydrogen) atoms. The van der Waals surface area contributed by atoms with Crippen LogP contribution in [0.1, 0.15) is 32.1 Å². The molecule has 2 fully saturated rings. The minimum Gasteiger partial charge on any atom is -0.489 e. The first-order valence-corrected chi connectivity index (χ1v) is 10.6. The van der Waals surface area contributed by atoms with Crippen molar-refractivity contribution in [2.75, 3.05) is 36.5 Å². The summed E-state index contributed by atoms with van der Waals surface area (Å²) in [7, 11) is 0. The lowest BCUT2D eigenvalue weighted by Crippen LogP contribution is -2.41. The van der Waals surface area contributed by atoms with Gasteiger partial charge in [-0.25, -0.2) is 4.98 Å². The Hall–Kier alpha value is -2.60. The topological polar surface area (TPSA) is 63.7 Å². The van der Waals surface area contributed by atoms with Crippen LogP contribution < -0.4 is 15.0 Å². The number of rotatable bonds is 6. The number of para-hydroxylation sites is 2. The van der Waals surface area contributed by atoms with Crippen LogP contribution in [0, 0.1) is 5.92 Å². The van der Waals surface area contributed by atoms with Gasteiger partial charge in [0, 0.05) is 25.9 Å². The number of nitrogens with zero attached hydrogens (tertiary/aromatic N) is 2. The van der Waals surface area contributed by atoms with E-state index in [-0.39, 0.29) is 17.9 Å². The van der Waals surface area contributed by atoms with Gasteiger partial charge in [-0.1, -0.05) is 18.2 Å². The second kappa shape index (κ2) is 9.74. The molecule has 0 spiro atoms. The van der Waals surface area contributed by atoms with Gasteiger partial charge in [0.05, 0.1) is 17.7 Å². The molecule has 3 heterocycles. The Labute approximate surface area is 172 Å². The molecule has 1 amide bonds. The second-order valence-electron chi connectivity index (χ2n) is 7.76. The molecule has 154 valence electrons. The Morgan fingerprint density at radius 3 is 2.86 bits per heavy atom. The van der Waals surface area contributed by atoms with Crippen LogP contribution in [0.15, 0.2) is 48.7 Å². The highest BCUT2D eigenvalue weighted by molar-refractivity contribution is 5.94. The summed E-state index contributed by atoms with van der Waals surface area (Å²) in [6.07, 6.45) is 7.13. The molecule has 0 bridgehead atoms. The smallest absolute Gasteiger partial charge is 0.229 e. The van der Waals surface area contributed by atoms with Crippen molar-refractivity contribution in [3.05, 3.63) is 48.7 Å². The van der Waals surface area contributed by atoms with Crippen LogP contribution in [0.25, 0.3) is 0 Å². The summed E-state index contributed by atoms with van der Waals surface area (Å²) in [5, 5.41) is 3.09. The summed E-state index contributed by atoms with van der Waals surface area (Å²) < 4.78 is 11.7. The number of nitrogens with one attached hydrogen (secondary N) is 1. The van der Waals surface area contributed by atoms with E-state index >= 15 is 0 Å². The van der Waals surface area contributed by atoms with Crippen LogP contribution in [-0.2, 0) is 9.53 Å². The molecule has 2 aliphatic rings. The fraction of sp³-hybridized carbons (Fsp3) is 0.478. The number of piperidine rings is 1. The number of hydrogen-bond acceptors (Lipinski definition) is 5. The van der Waals surface area contributed by atoms with Gasteiger partial charge in [0.15, 0.2) is 0 Å². The quantitative estimate of drug-likeness (QED) is 0.804. The van der Waals surface area contributed by atoms with E-state index in [1.54, 1.807) is 6.20 Å². The first kappa shape index (κ1) is 19.7. The van der Waals surface area contributed by atoms with Gasteiger partial charge in [-0.2, -0.15) is 0 Å². The fourth-order valence-corrected chi connectivity index (χ4v) is 3.99. The molecule has 2 aromatic rings. The van der Waals surface area contributed by atoms with Gasteiger partial charge in [0.25, 0.3) is 0 Å². The minimum atomic E-state index is -0.0690. The van der Waals surface area contributed by atoms with E-state index in [4.69, 9.17) is 9.47 Å². The fourth-order valence-electron chi connectivity index (χ4n) is 3.99. The van der Waals surface area contributed by atoms with Gasteiger partial charge < -0.3 is 19.7 Å². The van der Waals surface area contributed by atoms with E-state index in [0.717, 1.165) is 50.3 Å². The molecule has 0 radical (unpaired) electrons. The second-order valence-corrected chi connectivity index (χ2v) is 7.76. The van der Waals surface area contributed by atoms with Crippen LogP contribution >= 0.6 is 0 Å². The number of ether oxygens (including phenoxy) is 2. The highest BCUT2D eigenvalue weighted by atomic mass is 16.5. The molecule has 4 rings (SSSR count). The highest BCUT2D eigenvalue weighted by Gasteiger charge is 2.27. The van der Waals surface area contributed by atoms with Crippen LogP contribution in [0.2, 0.25) is 0 Å². The lowest BCUT2D eigenvalue weighted by atomic mass is 9.97. The van der Waals surface area contributed by atoms with Crippen molar-refractivity contribution in [2.45, 2.75) is 38.2 Å². The van der Waals surface area contributed by atoms with Gasteiger partial charge in [-0.15, -0.1) is 0 Å². The van der Waals surface area contributed by atoms with E-state index < -0.39 is 0 Å². The van der Waals surface area contributed by atoms with E-state index in [1.165, 1.54) is 6.42 Å². The first-order valence-electron chi connectivity index (χ1n) is 10.6. The Morgan fingerprint density at radius 1 is 1.14 bits per heavy atom. The average molecular weight is 396 g/mol. The lowest BCUT2D eigenvalue weighted by molar-refractivity contribution is -0.120. The van der Waals surface area contributed by atoms with Crippen LogP contribution in [0.4, 0.5) is 11.5 Å². The van der Waals surface area contributed by atoms with Crippen LogP contribution in [0.3, 0.4) is 0 Å². The number of benzene rings is 1. The van der Waals surface area contributed by atoms with Crippen molar-refractivity contribution in [1.29, 1.82) is 0 Å². The Balaban J connectivity index is 1.36. The molecular weight excluding hydrogens is 366 g/mol. The number of carbonyl (C=O) groups excluding carboxylic acids is 1. The number of amides is 1. The zero-order valence-electron chi connectivity index (χ0n) is 16.8. The van der Waals surface area contributed by atoms with Crippen molar-refractivity contribution in [1.82, 2.24) is 4.98 Å². The maximum absolute atomic E-state index is 13.0. The summed E-state index contributed by atoms with van der Waals surface area (Å²) in [6, 6.07) is 13.5. The van der Waals surface area contributed by atoms with E-state index in [0.29, 0.717) is 18.9 Å². The van der Waals surface area contributed by atoms with Crippen LogP contribution in [0.5, 0.6) is 5.75 Å². The zero-order valence-corrected chi connectivity index (χ0v) is 16.8. The van der Waals surface area contributed by atoms with E-state index in [1.807, 2.05) is 42.5 Å². The lowest BCUT2D eigenvalue weighted by Gasteiger charge is -2.33. The Bertz CT molecular complexity index is 793. The molecule has 0 aliphatic carbocycles. The van der Waals surface area contributed by atoms with Crippen molar-refractivity contribution >= 4 is 17.4 Å². The third-order valence-corrected chi connectivity index (χ3v) is 5.61. The van der Waals surface area contributed by atoms with Crippen molar-refractivity contribution in [2.24, 2.45) is 5.92 Å². The summed E-state index contributed by atoms with van der Waals surface area (Å²) in [5.41, 5.74) is 0.725. The molecule has 1 aromatic carbocycles. The molecular formula is C23H29N3O3. The molecule has 2 atom stereocenters. The standard InChI is InChI=1S/C23H29N3O3/c27-23(18-8-7-14-26(16-18)22-12-3-5-13-24-22)25-20-10-1-2-11-21(20)29-17-19-9-4-6-15-28-19/h1-3,5,10-13,18-19H,4,6-9,14-17H2,(H,25,27)/t18-,19+/m0/s1. The zero-order chi connectivity index (χ0) is 19.9. The largest absolute Gasteiger partial charge is 0.489 e. The normalized spacial score (nSPS) is 22.1. The van der Waals surface area contributed by atoms with Crippen molar-refractivity contribution in [3.63, 3.8) is 0 Å². The van der Waals surface area contributed by atoms with Gasteiger partial charge in [0.2, 0.25) is 5.91 Å². The number of pyridine rings is 1. The summed E-state index contributed by atoms with van der Waals surface area (Å²) >= 11 is 0. The van der Waals surface area contributed by atoms with Gasteiger partial charge in [0.1, 0.15) is 18.2 Å². The molecule has 0 saturated carbocycles. The predicted molar refractivity (Wildman–Crippen MR) is 113 cm³/mol. The van der Waals surface area contributed by atoms with Crippen LogP contribution in [-0.4, -0.2) is 43.3 Å². The van der Waals surface area contributed by atoms with Gasteiger partial charge in [-0.05, 0) is 56.4 Å². The van der Waals surface area contributed by atoms with Gasteiger partial charge >= 0.3 is 0 Å². The molecule has 6 heteroatoms. The monoisotopic (exact) mass is 395 g/mol. The SMILES string of the molecule is O=C(Nc1ccccc1OC[C@H]1CCCCO1)[C@H]1CCCN(c2ccccn2)C1. The number of carbonyl (C=O) groups is 1. The molecule has 0 unspecified atom stereocenters. The van der Waals surface area contributed by atoms with Crippen molar-refractivity contribution in [3.8, 4) is 5.75 Å². The van der Waals surface area contributed by atoms with Gasteiger partial charge in [-0.3, -0.25) is 4.79 Å². The van der Waals surface area contributed by atoms with E-state index in [2.05, 4.69) is 15.2 Å². The molecule has 1 N–H and O–H groups in total. The Morgan fingerprint density at radius 2 is 2.03 bits per heavy atom. The maximum atomic E-state index is 13.0. The third-order valence-electron chi connectivity index (χ3n) is 5.61. The maximum Gasteiger partial charge on any atom is 0.229 e. The summed E-state index contributed by atoms with van der Waals surface area (Å²) in [4.78, 5) is 19.6. The predicted octanol–water partition coefficient (Wildman–Crippen LogP) is 3.88. The van der Waals surface area contributed by atoms with E-state index in [9.17, 15) is 4.79 Å². The Kier molecular flexibility index (Phi) is 6.62. The highest BCUT2D eigenvalue weighted by Crippen LogP contribution is 2.27.